The van der Waals surface area contributed by atoms with Crippen LogP contribution in [0.5, 0.6) is 11.5 Å². The lowest BCUT2D eigenvalue weighted by Gasteiger charge is -2.29. The Labute approximate surface area is 197 Å². The molecule has 34 heavy (non-hydrogen) atoms. The standard InChI is InChI=1S/C24H29FN2O7/c1-4-6-9-32-24(30)26-8-7-15(11-26)34-21-18(25)10-16-19-22(21)33-13-14(3)27(19)12-17(20(16)28)23(29)31-5-2/h10,12,14-15H,4-9,11,13H2,1-3H3/i5T. The Kier molecular flexibility index (Phi) is 6.55. The van der Waals surface area contributed by atoms with E-state index < -0.39 is 36.0 Å². The van der Waals surface area contributed by atoms with Gasteiger partial charge in [-0.15, -0.1) is 0 Å². The number of aromatic nitrogens is 1. The molecule has 10 heteroatoms. The van der Waals surface area contributed by atoms with E-state index in [0.717, 1.165) is 18.9 Å². The molecule has 0 spiro atoms. The summed E-state index contributed by atoms with van der Waals surface area (Å²) in [6.45, 7) is 5.20. The fourth-order valence-corrected chi connectivity index (χ4v) is 4.18. The first-order valence-electron chi connectivity index (χ1n) is 12.0. The number of pyridine rings is 1. The minimum Gasteiger partial charge on any atom is -0.485 e. The van der Waals surface area contributed by atoms with Crippen LogP contribution in [0.25, 0.3) is 10.9 Å². The first-order valence-corrected chi connectivity index (χ1v) is 11.5. The third-order valence-electron chi connectivity index (χ3n) is 5.98. The molecule has 1 aromatic heterocycles. The monoisotopic (exact) mass is 478 g/mol. The number of amides is 1. The Morgan fingerprint density at radius 1 is 1.32 bits per heavy atom. The average molecular weight is 479 g/mol. The topological polar surface area (TPSA) is 96.3 Å². The summed E-state index contributed by atoms with van der Waals surface area (Å²) in [7, 11) is 0. The normalized spacial score (nSPS) is 20.5. The predicted octanol–water partition coefficient (Wildman–Crippen LogP) is 3.66. The van der Waals surface area contributed by atoms with Crippen LogP contribution in [0.4, 0.5) is 9.18 Å². The molecule has 3 heterocycles. The molecule has 2 aromatic rings. The Hall–Kier alpha value is -3.30. The Morgan fingerprint density at radius 3 is 2.85 bits per heavy atom. The zero-order valence-electron chi connectivity index (χ0n) is 20.5. The molecule has 0 saturated carbocycles. The van der Waals surface area contributed by atoms with Gasteiger partial charge < -0.3 is 28.4 Å². The van der Waals surface area contributed by atoms with E-state index in [-0.39, 0.29) is 41.6 Å². The number of carbonyl (C=O) groups excluding carboxylic acids is 2. The number of rotatable bonds is 7. The van der Waals surface area contributed by atoms with Crippen molar-refractivity contribution in [2.24, 2.45) is 0 Å². The molecule has 3 unspecified atom stereocenters. The summed E-state index contributed by atoms with van der Waals surface area (Å²) in [6.07, 6.45) is 2.64. The van der Waals surface area contributed by atoms with Crippen LogP contribution >= 0.6 is 0 Å². The molecular formula is C24H29FN2O7. The molecule has 1 fully saturated rings. The quantitative estimate of drug-likeness (QED) is 0.443. The molecule has 1 saturated heterocycles. The van der Waals surface area contributed by atoms with Gasteiger partial charge in [0.2, 0.25) is 5.43 Å². The molecule has 0 radical (unpaired) electrons. The van der Waals surface area contributed by atoms with Gasteiger partial charge in [-0.2, -0.15) is 0 Å². The van der Waals surface area contributed by atoms with Gasteiger partial charge in [0.1, 0.15) is 18.3 Å². The number of nitrogens with zero attached hydrogens (tertiary/aromatic N) is 2. The number of carbonyl (C=O) groups is 2. The van der Waals surface area contributed by atoms with Crippen molar-refractivity contribution in [3.63, 3.8) is 0 Å². The highest BCUT2D eigenvalue weighted by molar-refractivity contribution is 5.96. The van der Waals surface area contributed by atoms with Crippen LogP contribution in [0.3, 0.4) is 0 Å². The predicted molar refractivity (Wildman–Crippen MR) is 121 cm³/mol. The smallest absolute Gasteiger partial charge is 0.409 e. The van der Waals surface area contributed by atoms with E-state index in [1.807, 2.05) is 13.8 Å². The number of halogens is 1. The molecule has 184 valence electrons. The summed E-state index contributed by atoms with van der Waals surface area (Å²) in [5.74, 6) is -1.82. The van der Waals surface area contributed by atoms with Crippen LogP contribution in [0.15, 0.2) is 17.1 Å². The molecule has 3 atom stereocenters. The molecule has 0 N–H and O–H groups in total. The van der Waals surface area contributed by atoms with Gasteiger partial charge in [0.25, 0.3) is 0 Å². The van der Waals surface area contributed by atoms with Crippen LogP contribution in [0.2, 0.25) is 0 Å². The highest BCUT2D eigenvalue weighted by atomic mass is 19.1. The zero-order chi connectivity index (χ0) is 25.3. The average Bonchev–Trinajstić information content (AvgIpc) is 3.27. The summed E-state index contributed by atoms with van der Waals surface area (Å²) in [6, 6.07) is 0.768. The van der Waals surface area contributed by atoms with Crippen molar-refractivity contribution in [3.8, 4) is 11.5 Å². The van der Waals surface area contributed by atoms with Crippen LogP contribution in [0, 0.1) is 5.82 Å². The molecule has 9 nitrogen and oxygen atoms in total. The van der Waals surface area contributed by atoms with Gasteiger partial charge in [0.05, 0.1) is 38.1 Å². The minimum atomic E-state index is -1.15. The molecule has 4 rings (SSSR count). The second kappa shape index (κ2) is 9.90. The van der Waals surface area contributed by atoms with Gasteiger partial charge >= 0.3 is 12.1 Å². The van der Waals surface area contributed by atoms with Crippen molar-refractivity contribution in [2.45, 2.75) is 52.2 Å². The summed E-state index contributed by atoms with van der Waals surface area (Å²) in [4.78, 5) is 39.2. The first kappa shape index (κ1) is 22.5. The molecular weight excluding hydrogens is 447 g/mol. The van der Waals surface area contributed by atoms with Gasteiger partial charge in [-0.1, -0.05) is 13.3 Å². The van der Waals surface area contributed by atoms with E-state index in [2.05, 4.69) is 0 Å². The van der Waals surface area contributed by atoms with E-state index in [1.165, 1.54) is 18.0 Å². The van der Waals surface area contributed by atoms with Gasteiger partial charge in [0.15, 0.2) is 17.3 Å². The van der Waals surface area contributed by atoms with Gasteiger partial charge in [0, 0.05) is 19.2 Å². The maximum absolute atomic E-state index is 15.3. The number of likely N-dealkylation sites (tertiary alicyclic amines) is 1. The molecule has 2 aliphatic heterocycles. The van der Waals surface area contributed by atoms with E-state index in [1.54, 1.807) is 4.57 Å². The fourth-order valence-electron chi connectivity index (χ4n) is 4.18. The van der Waals surface area contributed by atoms with Crippen LogP contribution < -0.4 is 14.9 Å². The third-order valence-corrected chi connectivity index (χ3v) is 5.98. The number of ether oxygens (including phenoxy) is 4. The van der Waals surface area contributed by atoms with Gasteiger partial charge in [-0.3, -0.25) is 4.79 Å². The molecule has 0 bridgehead atoms. The lowest BCUT2D eigenvalue weighted by Crippen LogP contribution is -2.32. The molecule has 2 aliphatic rings. The van der Waals surface area contributed by atoms with E-state index in [0.29, 0.717) is 25.1 Å². The number of unbranched alkanes of at least 4 members (excludes halogenated alkanes) is 1. The fraction of sp³-hybridized carbons (Fsp3) is 0.542. The van der Waals surface area contributed by atoms with Crippen molar-refractivity contribution in [1.82, 2.24) is 9.47 Å². The Balaban J connectivity index is 1.65. The van der Waals surface area contributed by atoms with Crippen molar-refractivity contribution in [1.29, 1.82) is 0 Å². The SMILES string of the molecule is [3H]C(C)OC(=O)c1cn2c3c(c(OC4CCN(C(=O)OCCCC)C4)c(F)cc3c1=O)OCC2C. The summed E-state index contributed by atoms with van der Waals surface area (Å²) < 4.78 is 46.2. The molecule has 1 amide bonds. The van der Waals surface area contributed by atoms with Crippen molar-refractivity contribution in [3.05, 3.63) is 33.9 Å². The maximum atomic E-state index is 15.3. The molecule has 0 aliphatic carbocycles. The van der Waals surface area contributed by atoms with E-state index in [9.17, 15) is 14.4 Å². The largest absolute Gasteiger partial charge is 0.485 e. The maximum Gasteiger partial charge on any atom is 0.409 e. The van der Waals surface area contributed by atoms with Crippen LogP contribution in [-0.2, 0) is 9.47 Å². The molecule has 1 aromatic carbocycles. The summed E-state index contributed by atoms with van der Waals surface area (Å²) >= 11 is 0. The lowest BCUT2D eigenvalue weighted by atomic mass is 10.1. The Morgan fingerprint density at radius 2 is 2.12 bits per heavy atom. The van der Waals surface area contributed by atoms with Crippen molar-refractivity contribution < 1.29 is 34.3 Å². The summed E-state index contributed by atoms with van der Waals surface area (Å²) in [5, 5.41) is -0.0453. The second-order valence-electron chi connectivity index (χ2n) is 8.44. The highest BCUT2D eigenvalue weighted by Crippen LogP contribution is 2.42. The lowest BCUT2D eigenvalue weighted by molar-refractivity contribution is 0.0523. The van der Waals surface area contributed by atoms with Crippen molar-refractivity contribution >= 4 is 23.0 Å². The van der Waals surface area contributed by atoms with Crippen molar-refractivity contribution in [2.75, 3.05) is 32.9 Å². The third kappa shape index (κ3) is 4.41. The van der Waals surface area contributed by atoms with Crippen LogP contribution in [0.1, 0.15) is 57.8 Å². The highest BCUT2D eigenvalue weighted by Gasteiger charge is 2.33. The van der Waals surface area contributed by atoms with E-state index in [4.69, 9.17) is 20.3 Å². The van der Waals surface area contributed by atoms with Crippen LogP contribution in [-0.4, -0.2) is 60.5 Å². The zero-order valence-corrected chi connectivity index (χ0v) is 19.5. The van der Waals surface area contributed by atoms with Gasteiger partial charge in [-0.05, 0) is 26.3 Å². The van der Waals surface area contributed by atoms with Gasteiger partial charge in [-0.25, -0.2) is 14.0 Å². The second-order valence-corrected chi connectivity index (χ2v) is 8.44. The number of hydrogen-bond acceptors (Lipinski definition) is 7. The first-order chi connectivity index (χ1) is 16.7. The minimum absolute atomic E-state index is 0.0453. The summed E-state index contributed by atoms with van der Waals surface area (Å²) in [5.41, 5.74) is -0.681. The Bertz CT molecular complexity index is 1200. The number of hydrogen-bond donors (Lipinski definition) is 0. The van der Waals surface area contributed by atoms with E-state index >= 15 is 4.39 Å². The number of benzene rings is 1. The number of esters is 1.